The summed E-state index contributed by atoms with van der Waals surface area (Å²) in [5, 5.41) is 3.36. The zero-order valence-corrected chi connectivity index (χ0v) is 15.0. The lowest BCUT2D eigenvalue weighted by atomic mass is 9.86. The average molecular weight is 361 g/mol. The molecule has 0 aromatic heterocycles. The van der Waals surface area contributed by atoms with E-state index in [1.54, 1.807) is 0 Å². The normalized spacial score (nSPS) is 22.3. The molecule has 1 aliphatic carbocycles. The minimum atomic E-state index is 0. The summed E-state index contributed by atoms with van der Waals surface area (Å²) in [6.45, 7) is 0. The van der Waals surface area contributed by atoms with Crippen LogP contribution in [0.15, 0.2) is 77.4 Å². The van der Waals surface area contributed by atoms with Gasteiger partial charge in [-0.3, -0.25) is 4.99 Å². The summed E-state index contributed by atoms with van der Waals surface area (Å²) in [6.07, 6.45) is 7.37. The number of anilines is 1. The maximum absolute atomic E-state index is 6.68. The molecule has 1 N–H and O–H groups in total. The first kappa shape index (κ1) is 18.6. The maximum Gasteiger partial charge on any atom is 0.0639 e. The van der Waals surface area contributed by atoms with Gasteiger partial charge in [-0.1, -0.05) is 36.4 Å². The van der Waals surface area contributed by atoms with Gasteiger partial charge in [-0.05, 0) is 49.1 Å². The Labute approximate surface area is 155 Å². The van der Waals surface area contributed by atoms with Gasteiger partial charge >= 0.3 is 0 Å². The highest BCUT2D eigenvalue weighted by atomic mass is 35.5. The Kier molecular flexibility index (Phi) is 7.36. The van der Waals surface area contributed by atoms with Crippen LogP contribution in [0, 0.1) is 5.92 Å². The molecule has 2 aromatic rings. The van der Waals surface area contributed by atoms with Crippen LogP contribution in [0.3, 0.4) is 0 Å². The number of rotatable bonds is 4. The van der Waals surface area contributed by atoms with Crippen molar-refractivity contribution in [1.82, 2.24) is 0 Å². The van der Waals surface area contributed by atoms with E-state index < -0.39 is 0 Å². The average Bonchev–Trinajstić information content (AvgIpc) is 2.61. The summed E-state index contributed by atoms with van der Waals surface area (Å²) in [4.78, 5) is 4.58. The predicted molar refractivity (Wildman–Crippen MR) is 107 cm³/mol. The Balaban J connectivity index is 0.00000208. The van der Waals surface area contributed by atoms with Gasteiger partial charge in [0.15, 0.2) is 0 Å². The molecule has 2 nitrogen and oxygen atoms in total. The summed E-state index contributed by atoms with van der Waals surface area (Å²) in [5.74, 6) is 0.287. The summed E-state index contributed by atoms with van der Waals surface area (Å²) in [6, 6.07) is 20.2. The van der Waals surface area contributed by atoms with Crippen molar-refractivity contribution in [2.45, 2.75) is 24.6 Å². The van der Waals surface area contributed by atoms with Crippen molar-refractivity contribution in [2.75, 3.05) is 5.32 Å². The number of hydrogen-bond donors (Lipinski definition) is 1. The second-order valence-electron chi connectivity index (χ2n) is 5.80. The number of aliphatic imine (C=N–C) groups is 1. The van der Waals surface area contributed by atoms with E-state index in [0.29, 0.717) is 0 Å². The van der Waals surface area contributed by atoms with E-state index in [4.69, 9.17) is 11.6 Å². The fraction of sp³-hybridized carbons (Fsp3) is 0.250. The van der Waals surface area contributed by atoms with E-state index in [1.807, 2.05) is 54.7 Å². The Hall–Kier alpha value is -1.77. The van der Waals surface area contributed by atoms with E-state index in [2.05, 4.69) is 28.6 Å². The summed E-state index contributed by atoms with van der Waals surface area (Å²) < 4.78 is 0. The van der Waals surface area contributed by atoms with Crippen LogP contribution in [0.2, 0.25) is 0 Å². The number of para-hydroxylation sites is 2. The van der Waals surface area contributed by atoms with E-state index in [9.17, 15) is 0 Å². The molecule has 0 amide bonds. The molecule has 1 aliphatic rings. The van der Waals surface area contributed by atoms with Crippen molar-refractivity contribution < 1.29 is 0 Å². The standard InChI is InChI=1S/C20H21ClN2.ClH/c21-20-16(14-22-18-10-3-1-4-11-18)8-7-9-17(20)15-23-19-12-5-2-6-13-19;/h1-6,10-16,20,23H,7-9H2;1H. The Morgan fingerprint density at radius 2 is 1.67 bits per heavy atom. The van der Waals surface area contributed by atoms with Gasteiger partial charge in [0.25, 0.3) is 0 Å². The van der Waals surface area contributed by atoms with Crippen molar-refractivity contribution in [3.05, 3.63) is 72.4 Å². The van der Waals surface area contributed by atoms with Gasteiger partial charge in [-0.2, -0.15) is 0 Å². The van der Waals surface area contributed by atoms with Crippen LogP contribution < -0.4 is 5.32 Å². The molecule has 4 heteroatoms. The quantitative estimate of drug-likeness (QED) is 0.508. The molecular weight excluding hydrogens is 339 g/mol. The van der Waals surface area contributed by atoms with Crippen molar-refractivity contribution in [3.63, 3.8) is 0 Å². The molecule has 126 valence electrons. The molecule has 1 fully saturated rings. The molecular formula is C20H22Cl2N2. The molecule has 1 saturated carbocycles. The van der Waals surface area contributed by atoms with Gasteiger partial charge in [0.1, 0.15) is 0 Å². The number of nitrogens with one attached hydrogen (secondary N) is 1. The minimum Gasteiger partial charge on any atom is -0.362 e. The largest absolute Gasteiger partial charge is 0.362 e. The first-order valence-corrected chi connectivity index (χ1v) is 8.50. The monoisotopic (exact) mass is 360 g/mol. The van der Waals surface area contributed by atoms with Crippen molar-refractivity contribution >= 4 is 41.6 Å². The van der Waals surface area contributed by atoms with Crippen LogP contribution in [0.25, 0.3) is 0 Å². The van der Waals surface area contributed by atoms with Crippen LogP contribution in [-0.4, -0.2) is 11.6 Å². The second-order valence-corrected chi connectivity index (χ2v) is 6.27. The molecule has 0 saturated heterocycles. The Morgan fingerprint density at radius 3 is 2.38 bits per heavy atom. The van der Waals surface area contributed by atoms with Crippen molar-refractivity contribution in [3.8, 4) is 0 Å². The van der Waals surface area contributed by atoms with Gasteiger partial charge in [-0.25, -0.2) is 0 Å². The fourth-order valence-corrected chi connectivity index (χ4v) is 3.17. The molecule has 24 heavy (non-hydrogen) atoms. The van der Waals surface area contributed by atoms with E-state index in [-0.39, 0.29) is 23.7 Å². The molecule has 2 unspecified atom stereocenters. The van der Waals surface area contributed by atoms with Crippen molar-refractivity contribution in [1.29, 1.82) is 0 Å². The van der Waals surface area contributed by atoms with Crippen LogP contribution in [-0.2, 0) is 0 Å². The third-order valence-corrected chi connectivity index (χ3v) is 4.71. The number of allylic oxidation sites excluding steroid dienone is 1. The SMILES string of the molecule is Cl.ClC1C(=CNc2ccccc2)CCCC1C=Nc1ccccc1. The van der Waals surface area contributed by atoms with Gasteiger partial charge in [0.05, 0.1) is 11.1 Å². The highest BCUT2D eigenvalue weighted by molar-refractivity contribution is 6.23. The van der Waals surface area contributed by atoms with Gasteiger partial charge in [0, 0.05) is 24.0 Å². The first-order chi connectivity index (χ1) is 11.3. The summed E-state index contributed by atoms with van der Waals surface area (Å²) in [7, 11) is 0. The molecule has 0 radical (unpaired) electrons. The van der Waals surface area contributed by atoms with Gasteiger partial charge in [-0.15, -0.1) is 24.0 Å². The third kappa shape index (κ3) is 5.12. The lowest BCUT2D eigenvalue weighted by molar-refractivity contribution is 0.532. The number of alkyl halides is 1. The topological polar surface area (TPSA) is 24.4 Å². The number of hydrogen-bond acceptors (Lipinski definition) is 2. The van der Waals surface area contributed by atoms with E-state index >= 15 is 0 Å². The van der Waals surface area contributed by atoms with E-state index in [1.165, 1.54) is 5.57 Å². The Morgan fingerprint density at radius 1 is 1.00 bits per heavy atom. The van der Waals surface area contributed by atoms with Crippen LogP contribution >= 0.6 is 24.0 Å². The van der Waals surface area contributed by atoms with Crippen LogP contribution in [0.5, 0.6) is 0 Å². The fourth-order valence-electron chi connectivity index (χ4n) is 2.81. The lowest BCUT2D eigenvalue weighted by Crippen LogP contribution is -2.24. The molecule has 0 heterocycles. The first-order valence-electron chi connectivity index (χ1n) is 8.07. The molecule has 0 aliphatic heterocycles. The van der Waals surface area contributed by atoms with Gasteiger partial charge < -0.3 is 5.32 Å². The maximum atomic E-state index is 6.68. The van der Waals surface area contributed by atoms with E-state index in [0.717, 1.165) is 30.6 Å². The molecule has 0 spiro atoms. The number of halogens is 2. The van der Waals surface area contributed by atoms with Crippen LogP contribution in [0.4, 0.5) is 11.4 Å². The van der Waals surface area contributed by atoms with Crippen LogP contribution in [0.1, 0.15) is 19.3 Å². The third-order valence-electron chi connectivity index (χ3n) is 4.10. The zero-order chi connectivity index (χ0) is 15.9. The molecule has 2 atom stereocenters. The molecule has 0 bridgehead atoms. The predicted octanol–water partition coefficient (Wildman–Crippen LogP) is 6.21. The van der Waals surface area contributed by atoms with Gasteiger partial charge in [0.2, 0.25) is 0 Å². The second kappa shape index (κ2) is 9.51. The summed E-state index contributed by atoms with van der Waals surface area (Å²) >= 11 is 6.68. The minimum absolute atomic E-state index is 0. The molecule has 3 rings (SSSR count). The Bertz CT molecular complexity index is 669. The number of nitrogens with zero attached hydrogens (tertiary/aromatic N) is 1. The summed E-state index contributed by atoms with van der Waals surface area (Å²) in [5.41, 5.74) is 3.32. The highest BCUT2D eigenvalue weighted by Crippen LogP contribution is 2.32. The van der Waals surface area contributed by atoms with Crippen molar-refractivity contribution in [2.24, 2.45) is 10.9 Å². The number of benzene rings is 2. The molecule has 2 aromatic carbocycles. The lowest BCUT2D eigenvalue weighted by Gasteiger charge is -2.27. The zero-order valence-electron chi connectivity index (χ0n) is 13.4. The smallest absolute Gasteiger partial charge is 0.0639 e. The highest BCUT2D eigenvalue weighted by Gasteiger charge is 2.25.